The minimum Gasteiger partial charge on any atom is -0.342 e. The maximum absolute atomic E-state index is 12.8. The lowest BCUT2D eigenvalue weighted by molar-refractivity contribution is -0.394. The van der Waals surface area contributed by atoms with Crippen LogP contribution >= 0.6 is 11.8 Å². The molecule has 0 aliphatic heterocycles. The molecule has 3 aromatic rings. The molecule has 0 saturated heterocycles. The monoisotopic (exact) mass is 415 g/mol. The molecule has 0 radical (unpaired) electrons. The van der Waals surface area contributed by atoms with Crippen LogP contribution in [0.25, 0.3) is 11.0 Å². The third-order valence-electron chi connectivity index (χ3n) is 4.24. The summed E-state index contributed by atoms with van der Waals surface area (Å²) in [5.74, 6) is 0.633. The van der Waals surface area contributed by atoms with E-state index < -0.39 is 33.2 Å². The van der Waals surface area contributed by atoms with Crippen LogP contribution in [0.4, 0.5) is 11.4 Å². The van der Waals surface area contributed by atoms with Crippen molar-refractivity contribution in [2.75, 3.05) is 12.0 Å². The maximum Gasteiger partial charge on any atom is 0.277 e. The van der Waals surface area contributed by atoms with Crippen LogP contribution in [0.15, 0.2) is 42.5 Å². The Morgan fingerprint density at radius 1 is 1.17 bits per heavy atom. The van der Waals surface area contributed by atoms with E-state index in [2.05, 4.69) is 15.3 Å². The van der Waals surface area contributed by atoms with Crippen molar-refractivity contribution in [1.29, 1.82) is 0 Å². The second-order valence-corrected chi connectivity index (χ2v) is 7.18. The van der Waals surface area contributed by atoms with E-state index in [9.17, 15) is 25.0 Å². The number of non-ortho nitro benzene ring substituents is 2. The van der Waals surface area contributed by atoms with Gasteiger partial charge in [0.15, 0.2) is 0 Å². The predicted molar refractivity (Wildman–Crippen MR) is 109 cm³/mol. The fourth-order valence-corrected chi connectivity index (χ4v) is 3.30. The van der Waals surface area contributed by atoms with Gasteiger partial charge in [0.05, 0.1) is 38.6 Å². The topological polar surface area (TPSA) is 144 Å². The Hall–Kier alpha value is -3.47. The highest BCUT2D eigenvalue weighted by Crippen LogP contribution is 2.25. The van der Waals surface area contributed by atoms with Crippen molar-refractivity contribution in [1.82, 2.24) is 15.3 Å². The van der Waals surface area contributed by atoms with Crippen molar-refractivity contribution >= 4 is 40.1 Å². The normalized spacial score (nSPS) is 11.9. The number of rotatable bonds is 8. The molecule has 0 unspecified atom stereocenters. The molecule has 0 fully saturated rings. The highest BCUT2D eigenvalue weighted by Gasteiger charge is 2.23. The number of benzene rings is 2. The molecule has 1 aromatic heterocycles. The molecule has 1 atom stereocenters. The number of imidazole rings is 1. The van der Waals surface area contributed by atoms with Crippen LogP contribution in [0.5, 0.6) is 0 Å². The van der Waals surface area contributed by atoms with Crippen LogP contribution in [0.1, 0.15) is 28.6 Å². The van der Waals surface area contributed by atoms with Gasteiger partial charge in [-0.2, -0.15) is 11.8 Å². The number of hydrogen-bond donors (Lipinski definition) is 2. The molecule has 1 heterocycles. The van der Waals surface area contributed by atoms with E-state index in [4.69, 9.17) is 0 Å². The van der Waals surface area contributed by atoms with E-state index in [0.717, 1.165) is 35.0 Å². The summed E-state index contributed by atoms with van der Waals surface area (Å²) >= 11 is 1.60. The van der Waals surface area contributed by atoms with Gasteiger partial charge in [0, 0.05) is 12.1 Å². The number of thioether (sulfide) groups is 1. The van der Waals surface area contributed by atoms with Gasteiger partial charge in [-0.05, 0) is 30.6 Å². The van der Waals surface area contributed by atoms with Crippen molar-refractivity contribution in [2.24, 2.45) is 0 Å². The standard InChI is InChI=1S/C18H17N5O5S/c1-29-7-6-16(17-19-14-4-2-3-5-15(14)20-17)21-18(24)11-8-12(22(25)26)10-13(9-11)23(27)28/h2-5,8-10,16H,6-7H2,1H3,(H,19,20)(H,21,24)/t16-/m1/s1. The van der Waals surface area contributed by atoms with E-state index >= 15 is 0 Å². The molecule has 3 rings (SSSR count). The number of amides is 1. The number of nitrogens with zero attached hydrogens (tertiary/aromatic N) is 3. The van der Waals surface area contributed by atoms with Gasteiger partial charge >= 0.3 is 0 Å². The average Bonchev–Trinajstić information content (AvgIpc) is 3.14. The fourth-order valence-electron chi connectivity index (χ4n) is 2.83. The van der Waals surface area contributed by atoms with Crippen LogP contribution in [0.3, 0.4) is 0 Å². The van der Waals surface area contributed by atoms with E-state index in [1.807, 2.05) is 30.5 Å². The van der Waals surface area contributed by atoms with E-state index in [1.54, 1.807) is 11.8 Å². The summed E-state index contributed by atoms with van der Waals surface area (Å²) in [4.78, 5) is 41.0. The zero-order chi connectivity index (χ0) is 21.0. The summed E-state index contributed by atoms with van der Waals surface area (Å²) in [5, 5.41) is 24.9. The van der Waals surface area contributed by atoms with E-state index in [0.29, 0.717) is 12.2 Å². The number of nitro benzene ring substituents is 2. The maximum atomic E-state index is 12.8. The Kier molecular flexibility index (Phi) is 6.07. The average molecular weight is 415 g/mol. The van der Waals surface area contributed by atoms with Gasteiger partial charge in [-0.1, -0.05) is 12.1 Å². The molecule has 2 aromatic carbocycles. The number of nitro groups is 2. The van der Waals surface area contributed by atoms with Gasteiger partial charge in [0.1, 0.15) is 5.82 Å². The molecule has 0 aliphatic rings. The first-order valence-electron chi connectivity index (χ1n) is 8.57. The molecule has 10 nitrogen and oxygen atoms in total. The molecule has 1 amide bonds. The Balaban J connectivity index is 1.92. The Morgan fingerprint density at radius 2 is 1.83 bits per heavy atom. The number of H-pyrrole nitrogens is 1. The van der Waals surface area contributed by atoms with Crippen molar-refractivity contribution in [3.8, 4) is 0 Å². The molecular weight excluding hydrogens is 398 g/mol. The number of hydrogen-bond acceptors (Lipinski definition) is 7. The first kappa shape index (κ1) is 20.3. The summed E-state index contributed by atoms with van der Waals surface area (Å²) < 4.78 is 0. The SMILES string of the molecule is CSCC[C@@H](NC(=O)c1cc([N+](=O)[O-])cc([N+](=O)[O-])c1)c1nc2ccccc2[nH]1. The third kappa shape index (κ3) is 4.69. The summed E-state index contributed by atoms with van der Waals surface area (Å²) in [7, 11) is 0. The molecule has 150 valence electrons. The summed E-state index contributed by atoms with van der Waals surface area (Å²) in [6.07, 6.45) is 2.49. The molecular formula is C18H17N5O5S. The van der Waals surface area contributed by atoms with Crippen molar-refractivity contribution < 1.29 is 14.6 Å². The van der Waals surface area contributed by atoms with Crippen LogP contribution in [0.2, 0.25) is 0 Å². The van der Waals surface area contributed by atoms with Gasteiger partial charge in [0.25, 0.3) is 17.3 Å². The lowest BCUT2D eigenvalue weighted by Crippen LogP contribution is -2.30. The van der Waals surface area contributed by atoms with Crippen molar-refractivity contribution in [3.05, 3.63) is 74.1 Å². The zero-order valence-corrected chi connectivity index (χ0v) is 16.1. The Bertz CT molecular complexity index is 1020. The van der Waals surface area contributed by atoms with Crippen molar-refractivity contribution in [3.63, 3.8) is 0 Å². The predicted octanol–water partition coefficient (Wildman–Crippen LogP) is 3.60. The van der Waals surface area contributed by atoms with Gasteiger partial charge in [0.2, 0.25) is 0 Å². The van der Waals surface area contributed by atoms with E-state index in [-0.39, 0.29) is 5.56 Å². The number of aromatic amines is 1. The molecule has 0 spiro atoms. The summed E-state index contributed by atoms with van der Waals surface area (Å²) in [5.41, 5.74) is 0.368. The van der Waals surface area contributed by atoms with Crippen molar-refractivity contribution in [2.45, 2.75) is 12.5 Å². The summed E-state index contributed by atoms with van der Waals surface area (Å²) in [6.45, 7) is 0. The number of nitrogens with one attached hydrogen (secondary N) is 2. The number of para-hydroxylation sites is 2. The fraction of sp³-hybridized carbons (Fsp3) is 0.222. The first-order chi connectivity index (χ1) is 13.9. The second-order valence-electron chi connectivity index (χ2n) is 6.20. The molecule has 0 saturated carbocycles. The second kappa shape index (κ2) is 8.69. The van der Waals surface area contributed by atoms with Crippen LogP contribution in [-0.2, 0) is 0 Å². The zero-order valence-electron chi connectivity index (χ0n) is 15.3. The molecule has 29 heavy (non-hydrogen) atoms. The number of fused-ring (bicyclic) bond motifs is 1. The van der Waals surface area contributed by atoms with Gasteiger partial charge in [-0.25, -0.2) is 4.98 Å². The molecule has 11 heteroatoms. The highest BCUT2D eigenvalue weighted by atomic mass is 32.2. The van der Waals surface area contributed by atoms with Crippen LogP contribution in [-0.4, -0.2) is 37.7 Å². The number of aromatic nitrogens is 2. The molecule has 0 bridgehead atoms. The van der Waals surface area contributed by atoms with E-state index in [1.165, 1.54) is 0 Å². The van der Waals surface area contributed by atoms with Gasteiger partial charge < -0.3 is 10.3 Å². The summed E-state index contributed by atoms with van der Waals surface area (Å²) in [6, 6.07) is 9.80. The van der Waals surface area contributed by atoms with Gasteiger partial charge in [-0.3, -0.25) is 25.0 Å². The Morgan fingerprint density at radius 3 is 2.41 bits per heavy atom. The minimum absolute atomic E-state index is 0.156. The lowest BCUT2D eigenvalue weighted by Gasteiger charge is -2.16. The lowest BCUT2D eigenvalue weighted by atomic mass is 10.1. The van der Waals surface area contributed by atoms with Crippen LogP contribution in [0, 0.1) is 20.2 Å². The number of carbonyl (C=O) groups excluding carboxylic acids is 1. The third-order valence-corrected chi connectivity index (χ3v) is 4.88. The van der Waals surface area contributed by atoms with Crippen LogP contribution < -0.4 is 5.32 Å². The quantitative estimate of drug-likeness (QED) is 0.422. The Labute approximate surface area is 169 Å². The highest BCUT2D eigenvalue weighted by molar-refractivity contribution is 7.98. The molecule has 0 aliphatic carbocycles. The minimum atomic E-state index is -0.770. The molecule has 2 N–H and O–H groups in total. The smallest absolute Gasteiger partial charge is 0.277 e. The largest absolute Gasteiger partial charge is 0.342 e. The van der Waals surface area contributed by atoms with Gasteiger partial charge in [-0.15, -0.1) is 0 Å². The first-order valence-corrected chi connectivity index (χ1v) is 9.96. The number of carbonyl (C=O) groups is 1.